The summed E-state index contributed by atoms with van der Waals surface area (Å²) in [5.41, 5.74) is 8.24. The highest BCUT2D eigenvalue weighted by Gasteiger charge is 2.19. The first-order valence-electron chi connectivity index (χ1n) is 7.16. The number of thioether (sulfide) groups is 1. The molecular weight excluding hydrogens is 302 g/mol. The van der Waals surface area contributed by atoms with Gasteiger partial charge in [-0.2, -0.15) is 0 Å². The summed E-state index contributed by atoms with van der Waals surface area (Å²) in [4.78, 5) is 10.4. The maximum Gasteiger partial charge on any atom is 0.138 e. The Balaban J connectivity index is 1.66. The normalized spacial score (nSPS) is 17.5. The largest absolute Gasteiger partial charge is 0.330 e. The summed E-state index contributed by atoms with van der Waals surface area (Å²) in [5.74, 6) is 2.28. The van der Waals surface area contributed by atoms with Crippen molar-refractivity contribution in [2.75, 3.05) is 6.54 Å². The van der Waals surface area contributed by atoms with E-state index in [9.17, 15) is 0 Å². The lowest BCUT2D eigenvalue weighted by Crippen LogP contribution is -2.23. The van der Waals surface area contributed by atoms with Crippen molar-refractivity contribution in [3.8, 4) is 0 Å². The molecule has 110 valence electrons. The SMILES string of the molecule is NCC1CCc2nc(CSc3ccc(Cl)cc3)ncc2C1. The second kappa shape index (κ2) is 6.77. The van der Waals surface area contributed by atoms with Crippen molar-refractivity contribution in [2.24, 2.45) is 11.7 Å². The Kier molecular flexibility index (Phi) is 4.78. The Hall–Kier alpha value is -1.10. The maximum atomic E-state index is 5.89. The molecule has 1 aromatic heterocycles. The van der Waals surface area contributed by atoms with Crippen LogP contribution in [0.25, 0.3) is 0 Å². The number of rotatable bonds is 4. The van der Waals surface area contributed by atoms with E-state index < -0.39 is 0 Å². The van der Waals surface area contributed by atoms with Gasteiger partial charge in [0, 0.05) is 21.8 Å². The third-order valence-electron chi connectivity index (χ3n) is 3.82. The van der Waals surface area contributed by atoms with Crippen LogP contribution in [0.3, 0.4) is 0 Å². The number of nitrogens with two attached hydrogens (primary N) is 1. The quantitative estimate of drug-likeness (QED) is 0.876. The van der Waals surface area contributed by atoms with Crippen molar-refractivity contribution < 1.29 is 0 Å². The molecule has 0 bridgehead atoms. The molecule has 5 heteroatoms. The van der Waals surface area contributed by atoms with Crippen LogP contribution in [-0.4, -0.2) is 16.5 Å². The first-order valence-corrected chi connectivity index (χ1v) is 8.53. The number of fused-ring (bicyclic) bond motifs is 1. The molecule has 3 nitrogen and oxygen atoms in total. The fourth-order valence-corrected chi connectivity index (χ4v) is 3.46. The summed E-state index contributed by atoms with van der Waals surface area (Å²) in [6.45, 7) is 0.758. The number of benzene rings is 1. The Bertz CT molecular complexity index is 615. The van der Waals surface area contributed by atoms with Gasteiger partial charge in [0.15, 0.2) is 0 Å². The van der Waals surface area contributed by atoms with E-state index in [0.29, 0.717) is 5.92 Å². The number of halogens is 1. The highest BCUT2D eigenvalue weighted by atomic mass is 35.5. The van der Waals surface area contributed by atoms with Gasteiger partial charge in [-0.3, -0.25) is 0 Å². The Morgan fingerprint density at radius 3 is 2.86 bits per heavy atom. The fraction of sp³-hybridized carbons (Fsp3) is 0.375. The minimum atomic E-state index is 0.593. The lowest BCUT2D eigenvalue weighted by atomic mass is 9.87. The molecule has 0 saturated carbocycles. The number of nitrogens with zero attached hydrogens (tertiary/aromatic N) is 2. The van der Waals surface area contributed by atoms with E-state index in [1.165, 1.54) is 16.2 Å². The maximum absolute atomic E-state index is 5.89. The minimum Gasteiger partial charge on any atom is -0.330 e. The van der Waals surface area contributed by atoms with Gasteiger partial charge in [0.2, 0.25) is 0 Å². The molecule has 3 rings (SSSR count). The van der Waals surface area contributed by atoms with E-state index >= 15 is 0 Å². The lowest BCUT2D eigenvalue weighted by molar-refractivity contribution is 0.460. The lowest BCUT2D eigenvalue weighted by Gasteiger charge is -2.22. The molecule has 1 aromatic carbocycles. The van der Waals surface area contributed by atoms with Gasteiger partial charge in [-0.05, 0) is 61.6 Å². The van der Waals surface area contributed by atoms with Crippen molar-refractivity contribution in [3.05, 3.63) is 52.6 Å². The van der Waals surface area contributed by atoms with Gasteiger partial charge in [0.05, 0.1) is 5.75 Å². The highest BCUT2D eigenvalue weighted by molar-refractivity contribution is 7.98. The van der Waals surface area contributed by atoms with E-state index in [1.807, 2.05) is 30.5 Å². The molecule has 2 aromatic rings. The van der Waals surface area contributed by atoms with Gasteiger partial charge in [-0.1, -0.05) is 11.6 Å². The van der Waals surface area contributed by atoms with E-state index in [0.717, 1.165) is 42.4 Å². The number of hydrogen-bond acceptors (Lipinski definition) is 4. The van der Waals surface area contributed by atoms with Crippen molar-refractivity contribution in [1.82, 2.24) is 9.97 Å². The van der Waals surface area contributed by atoms with Crippen molar-refractivity contribution in [2.45, 2.75) is 29.9 Å². The molecule has 1 aliphatic carbocycles. The molecular formula is C16H18ClN3S. The zero-order valence-corrected chi connectivity index (χ0v) is 13.3. The summed E-state index contributed by atoms with van der Waals surface area (Å²) in [5, 5.41) is 0.763. The van der Waals surface area contributed by atoms with Crippen LogP contribution in [-0.2, 0) is 18.6 Å². The topological polar surface area (TPSA) is 51.8 Å². The second-order valence-electron chi connectivity index (χ2n) is 5.35. The summed E-state index contributed by atoms with van der Waals surface area (Å²) in [6.07, 6.45) is 5.18. The van der Waals surface area contributed by atoms with Gasteiger partial charge in [0.25, 0.3) is 0 Å². The average Bonchev–Trinajstić information content (AvgIpc) is 2.53. The summed E-state index contributed by atoms with van der Waals surface area (Å²) >= 11 is 7.62. The van der Waals surface area contributed by atoms with Gasteiger partial charge < -0.3 is 5.73 Å². The first-order chi connectivity index (χ1) is 10.2. The van der Waals surface area contributed by atoms with Crippen molar-refractivity contribution in [1.29, 1.82) is 0 Å². The second-order valence-corrected chi connectivity index (χ2v) is 6.83. The first kappa shape index (κ1) is 14.8. The number of aryl methyl sites for hydroxylation is 1. The summed E-state index contributed by atoms with van der Waals surface area (Å²) in [7, 11) is 0. The van der Waals surface area contributed by atoms with Gasteiger partial charge in [-0.25, -0.2) is 9.97 Å². The third kappa shape index (κ3) is 3.76. The molecule has 0 spiro atoms. The van der Waals surface area contributed by atoms with E-state index in [1.54, 1.807) is 11.8 Å². The fourth-order valence-electron chi connectivity index (χ4n) is 2.57. The highest BCUT2D eigenvalue weighted by Crippen LogP contribution is 2.26. The molecule has 0 fully saturated rings. The monoisotopic (exact) mass is 319 g/mol. The third-order valence-corrected chi connectivity index (χ3v) is 5.08. The molecule has 2 N–H and O–H groups in total. The molecule has 1 unspecified atom stereocenters. The van der Waals surface area contributed by atoms with Crippen LogP contribution in [0.2, 0.25) is 5.02 Å². The van der Waals surface area contributed by atoms with Crippen LogP contribution in [0.1, 0.15) is 23.5 Å². The molecule has 1 atom stereocenters. The van der Waals surface area contributed by atoms with Crippen LogP contribution in [0.15, 0.2) is 35.4 Å². The van der Waals surface area contributed by atoms with Crippen LogP contribution in [0.4, 0.5) is 0 Å². The molecule has 1 heterocycles. The smallest absolute Gasteiger partial charge is 0.138 e. The standard InChI is InChI=1S/C16H18ClN3S/c17-13-2-4-14(5-3-13)21-10-16-19-9-12-7-11(8-18)1-6-15(12)20-16/h2-5,9,11H,1,6-8,10,18H2. The summed E-state index contributed by atoms with van der Waals surface area (Å²) < 4.78 is 0. The van der Waals surface area contributed by atoms with E-state index in [-0.39, 0.29) is 0 Å². The van der Waals surface area contributed by atoms with Crippen LogP contribution in [0.5, 0.6) is 0 Å². The molecule has 21 heavy (non-hydrogen) atoms. The predicted molar refractivity (Wildman–Crippen MR) is 87.6 cm³/mol. The Labute approximate surface area is 134 Å². The number of aromatic nitrogens is 2. The molecule has 0 saturated heterocycles. The van der Waals surface area contributed by atoms with E-state index in [4.69, 9.17) is 22.3 Å². The molecule has 0 aliphatic heterocycles. The van der Waals surface area contributed by atoms with Crippen LogP contribution < -0.4 is 5.73 Å². The van der Waals surface area contributed by atoms with Crippen molar-refractivity contribution >= 4 is 23.4 Å². The van der Waals surface area contributed by atoms with Crippen LogP contribution in [0, 0.1) is 5.92 Å². The number of hydrogen-bond donors (Lipinski definition) is 1. The zero-order valence-electron chi connectivity index (χ0n) is 11.8. The average molecular weight is 320 g/mol. The Morgan fingerprint density at radius 1 is 1.29 bits per heavy atom. The Morgan fingerprint density at radius 2 is 2.10 bits per heavy atom. The van der Waals surface area contributed by atoms with E-state index in [2.05, 4.69) is 4.98 Å². The van der Waals surface area contributed by atoms with Gasteiger partial charge >= 0.3 is 0 Å². The van der Waals surface area contributed by atoms with Gasteiger partial charge in [-0.15, -0.1) is 11.8 Å². The molecule has 0 amide bonds. The van der Waals surface area contributed by atoms with Gasteiger partial charge in [0.1, 0.15) is 5.82 Å². The van der Waals surface area contributed by atoms with Crippen molar-refractivity contribution in [3.63, 3.8) is 0 Å². The molecule has 0 radical (unpaired) electrons. The van der Waals surface area contributed by atoms with Crippen LogP contribution >= 0.6 is 23.4 Å². The zero-order chi connectivity index (χ0) is 14.7. The summed E-state index contributed by atoms with van der Waals surface area (Å²) in [6, 6.07) is 7.86. The molecule has 1 aliphatic rings. The predicted octanol–water partition coefficient (Wildman–Crippen LogP) is 3.49. The minimum absolute atomic E-state index is 0.593.